The molecule has 0 aromatic heterocycles. The average molecular weight is 198 g/mol. The van der Waals surface area contributed by atoms with Crippen LogP contribution in [-0.2, 0) is 4.74 Å². The lowest BCUT2D eigenvalue weighted by Gasteiger charge is -2.16. The van der Waals surface area contributed by atoms with E-state index in [0.717, 1.165) is 19.1 Å². The van der Waals surface area contributed by atoms with E-state index in [0.29, 0.717) is 6.04 Å². The van der Waals surface area contributed by atoms with Crippen molar-refractivity contribution in [1.82, 2.24) is 10.2 Å². The molecule has 0 bridgehead atoms. The molecule has 0 spiro atoms. The average Bonchev–Trinajstić information content (AvgIpc) is 2.86. The maximum Gasteiger partial charge on any atom is 0.0620 e. The third-order valence-corrected chi connectivity index (χ3v) is 3.44. The zero-order valence-electron chi connectivity index (χ0n) is 9.17. The highest BCUT2D eigenvalue weighted by Gasteiger charge is 2.22. The Morgan fingerprint density at radius 2 is 2.36 bits per heavy atom. The number of nitrogens with zero attached hydrogens (tertiary/aromatic N) is 1. The van der Waals surface area contributed by atoms with Crippen molar-refractivity contribution in [3.05, 3.63) is 0 Å². The zero-order valence-corrected chi connectivity index (χ0v) is 9.17. The minimum Gasteiger partial charge on any atom is -0.380 e. The quantitative estimate of drug-likeness (QED) is 0.720. The van der Waals surface area contributed by atoms with Gasteiger partial charge in [0.15, 0.2) is 0 Å². The predicted molar refractivity (Wildman–Crippen MR) is 57.4 cm³/mol. The molecule has 2 fully saturated rings. The third kappa shape index (κ3) is 2.69. The van der Waals surface area contributed by atoms with Crippen LogP contribution in [0, 0.1) is 5.92 Å². The summed E-state index contributed by atoms with van der Waals surface area (Å²) in [7, 11) is 0. The molecule has 2 aliphatic heterocycles. The summed E-state index contributed by atoms with van der Waals surface area (Å²) < 4.78 is 5.34. The van der Waals surface area contributed by atoms with E-state index in [9.17, 15) is 0 Å². The van der Waals surface area contributed by atoms with Gasteiger partial charge in [-0.05, 0) is 38.4 Å². The fourth-order valence-corrected chi connectivity index (χ4v) is 2.40. The van der Waals surface area contributed by atoms with Crippen LogP contribution >= 0.6 is 0 Å². The predicted octanol–water partition coefficient (Wildman–Crippen LogP) is 0.707. The van der Waals surface area contributed by atoms with Crippen molar-refractivity contribution in [2.24, 2.45) is 5.92 Å². The lowest BCUT2D eigenvalue weighted by Crippen LogP contribution is -2.34. The van der Waals surface area contributed by atoms with Crippen LogP contribution in [0.25, 0.3) is 0 Å². The van der Waals surface area contributed by atoms with Crippen LogP contribution < -0.4 is 5.32 Å². The van der Waals surface area contributed by atoms with E-state index in [1.165, 1.54) is 39.0 Å². The summed E-state index contributed by atoms with van der Waals surface area (Å²) in [5, 5.41) is 3.62. The Kier molecular flexibility index (Phi) is 3.79. The van der Waals surface area contributed by atoms with E-state index in [4.69, 9.17) is 4.74 Å². The van der Waals surface area contributed by atoms with E-state index in [1.54, 1.807) is 0 Å². The summed E-state index contributed by atoms with van der Waals surface area (Å²) in [5.41, 5.74) is 0. The van der Waals surface area contributed by atoms with Crippen molar-refractivity contribution in [3.63, 3.8) is 0 Å². The van der Waals surface area contributed by atoms with Crippen molar-refractivity contribution in [3.8, 4) is 0 Å². The Balaban J connectivity index is 1.61. The molecule has 82 valence electrons. The Labute approximate surface area is 86.8 Å². The van der Waals surface area contributed by atoms with Gasteiger partial charge in [-0.2, -0.15) is 0 Å². The van der Waals surface area contributed by atoms with E-state index in [1.807, 2.05) is 0 Å². The molecule has 14 heavy (non-hydrogen) atoms. The topological polar surface area (TPSA) is 24.5 Å². The van der Waals surface area contributed by atoms with Gasteiger partial charge in [-0.15, -0.1) is 0 Å². The number of ether oxygens (including phenoxy) is 1. The molecule has 0 aliphatic carbocycles. The largest absolute Gasteiger partial charge is 0.380 e. The fraction of sp³-hybridized carbons (Fsp3) is 1.00. The summed E-state index contributed by atoms with van der Waals surface area (Å²) in [6.45, 7) is 9.10. The van der Waals surface area contributed by atoms with Crippen LogP contribution in [0.3, 0.4) is 0 Å². The molecule has 0 aromatic carbocycles. The van der Waals surface area contributed by atoms with Gasteiger partial charge in [0.1, 0.15) is 0 Å². The summed E-state index contributed by atoms with van der Waals surface area (Å²) in [6.07, 6.45) is 2.57. The van der Waals surface area contributed by atoms with Crippen molar-refractivity contribution >= 4 is 0 Å². The molecule has 2 atom stereocenters. The number of hydrogen-bond acceptors (Lipinski definition) is 3. The van der Waals surface area contributed by atoms with Gasteiger partial charge >= 0.3 is 0 Å². The molecule has 2 rings (SSSR count). The maximum atomic E-state index is 5.34. The highest BCUT2D eigenvalue weighted by atomic mass is 16.5. The molecule has 2 aliphatic rings. The molecule has 3 nitrogen and oxygen atoms in total. The smallest absolute Gasteiger partial charge is 0.0620 e. The lowest BCUT2D eigenvalue weighted by molar-refractivity contribution is 0.189. The second-order valence-electron chi connectivity index (χ2n) is 4.52. The van der Waals surface area contributed by atoms with Gasteiger partial charge in [-0.25, -0.2) is 0 Å². The first-order valence-corrected chi connectivity index (χ1v) is 5.92. The first-order chi connectivity index (χ1) is 6.88. The highest BCUT2D eigenvalue weighted by Crippen LogP contribution is 2.15. The molecular weight excluding hydrogens is 176 g/mol. The van der Waals surface area contributed by atoms with Gasteiger partial charge in [0, 0.05) is 19.2 Å². The molecule has 0 radical (unpaired) electrons. The van der Waals surface area contributed by atoms with Crippen LogP contribution in [0.4, 0.5) is 0 Å². The molecule has 0 saturated carbocycles. The minimum absolute atomic E-state index is 0.630. The maximum absolute atomic E-state index is 5.34. The molecule has 2 saturated heterocycles. The highest BCUT2D eigenvalue weighted by molar-refractivity contribution is 4.79. The van der Waals surface area contributed by atoms with E-state index in [2.05, 4.69) is 17.1 Å². The van der Waals surface area contributed by atoms with Crippen LogP contribution in [0.5, 0.6) is 0 Å². The number of likely N-dealkylation sites (tertiary alicyclic amines) is 1. The first kappa shape index (κ1) is 10.4. The van der Waals surface area contributed by atoms with Crippen LogP contribution in [0.1, 0.15) is 19.8 Å². The summed E-state index contributed by atoms with van der Waals surface area (Å²) in [6, 6.07) is 0.630. The number of hydrogen-bond donors (Lipinski definition) is 1. The van der Waals surface area contributed by atoms with Crippen molar-refractivity contribution in [2.45, 2.75) is 25.8 Å². The Bertz CT molecular complexity index is 169. The van der Waals surface area contributed by atoms with E-state index < -0.39 is 0 Å². The van der Waals surface area contributed by atoms with E-state index in [-0.39, 0.29) is 0 Å². The van der Waals surface area contributed by atoms with Crippen LogP contribution in [0.2, 0.25) is 0 Å². The van der Waals surface area contributed by atoms with Crippen LogP contribution in [-0.4, -0.2) is 50.3 Å². The van der Waals surface area contributed by atoms with Gasteiger partial charge in [0.05, 0.1) is 6.61 Å². The molecule has 3 heteroatoms. The monoisotopic (exact) mass is 198 g/mol. The second kappa shape index (κ2) is 5.10. The SMILES string of the molecule is CCN1CCC(CNC2CCOC2)C1. The van der Waals surface area contributed by atoms with Gasteiger partial charge in [0.2, 0.25) is 0 Å². The van der Waals surface area contributed by atoms with Crippen LogP contribution in [0.15, 0.2) is 0 Å². The lowest BCUT2D eigenvalue weighted by atomic mass is 10.1. The van der Waals surface area contributed by atoms with Gasteiger partial charge < -0.3 is 15.0 Å². The summed E-state index contributed by atoms with van der Waals surface area (Å²) >= 11 is 0. The summed E-state index contributed by atoms with van der Waals surface area (Å²) in [5.74, 6) is 0.871. The molecular formula is C11H22N2O. The van der Waals surface area contributed by atoms with Gasteiger partial charge in [-0.3, -0.25) is 0 Å². The molecule has 0 amide bonds. The minimum atomic E-state index is 0.630. The van der Waals surface area contributed by atoms with Gasteiger partial charge in [-0.1, -0.05) is 6.92 Å². The van der Waals surface area contributed by atoms with Crippen molar-refractivity contribution < 1.29 is 4.74 Å². The Morgan fingerprint density at radius 1 is 1.43 bits per heavy atom. The molecule has 2 heterocycles. The van der Waals surface area contributed by atoms with Crippen molar-refractivity contribution in [1.29, 1.82) is 0 Å². The standard InChI is InChI=1S/C11H22N2O/c1-2-13-5-3-10(8-13)7-12-11-4-6-14-9-11/h10-12H,2-9H2,1H3. The normalized spacial score (nSPS) is 34.1. The zero-order chi connectivity index (χ0) is 9.80. The molecule has 0 aromatic rings. The molecule has 1 N–H and O–H groups in total. The third-order valence-electron chi connectivity index (χ3n) is 3.44. The molecule has 2 unspecified atom stereocenters. The first-order valence-electron chi connectivity index (χ1n) is 5.92. The second-order valence-corrected chi connectivity index (χ2v) is 4.52. The Hall–Kier alpha value is -0.120. The summed E-state index contributed by atoms with van der Waals surface area (Å²) in [4.78, 5) is 2.54. The van der Waals surface area contributed by atoms with Gasteiger partial charge in [0.25, 0.3) is 0 Å². The number of rotatable bonds is 4. The fourth-order valence-electron chi connectivity index (χ4n) is 2.40. The van der Waals surface area contributed by atoms with E-state index >= 15 is 0 Å². The Morgan fingerprint density at radius 3 is 3.00 bits per heavy atom. The number of nitrogens with one attached hydrogen (secondary N) is 1. The van der Waals surface area contributed by atoms with Crippen molar-refractivity contribution in [2.75, 3.05) is 39.4 Å².